The van der Waals surface area contributed by atoms with Crippen molar-refractivity contribution in [3.63, 3.8) is 0 Å². The molecule has 0 unspecified atom stereocenters. The predicted octanol–water partition coefficient (Wildman–Crippen LogP) is 1.94. The SMILES string of the molecule is CCCN1CCN(c2nc3cc(N)ccc3o2)CC1. The minimum atomic E-state index is 0.719. The summed E-state index contributed by atoms with van der Waals surface area (Å²) in [4.78, 5) is 9.22. The predicted molar refractivity (Wildman–Crippen MR) is 77.4 cm³/mol. The minimum absolute atomic E-state index is 0.719. The highest BCUT2D eigenvalue weighted by Gasteiger charge is 2.20. The van der Waals surface area contributed by atoms with Crippen LogP contribution in [0.2, 0.25) is 0 Å². The fraction of sp³-hybridized carbons (Fsp3) is 0.500. The number of nitrogens with zero attached hydrogens (tertiary/aromatic N) is 3. The second-order valence-corrected chi connectivity index (χ2v) is 5.05. The van der Waals surface area contributed by atoms with Gasteiger partial charge in [0.25, 0.3) is 6.01 Å². The van der Waals surface area contributed by atoms with Crippen molar-refractivity contribution < 1.29 is 4.42 Å². The van der Waals surface area contributed by atoms with Crippen molar-refractivity contribution in [3.8, 4) is 0 Å². The van der Waals surface area contributed by atoms with Gasteiger partial charge in [-0.1, -0.05) is 6.92 Å². The van der Waals surface area contributed by atoms with Gasteiger partial charge in [-0.05, 0) is 31.2 Å². The van der Waals surface area contributed by atoms with E-state index in [2.05, 4.69) is 21.7 Å². The summed E-state index contributed by atoms with van der Waals surface area (Å²) in [5, 5.41) is 0. The van der Waals surface area contributed by atoms with Gasteiger partial charge in [-0.25, -0.2) is 0 Å². The fourth-order valence-corrected chi connectivity index (χ4v) is 2.55. The van der Waals surface area contributed by atoms with Crippen molar-refractivity contribution in [2.75, 3.05) is 43.4 Å². The smallest absolute Gasteiger partial charge is 0.298 e. The highest BCUT2D eigenvalue weighted by molar-refractivity contribution is 5.78. The first-order valence-corrected chi connectivity index (χ1v) is 6.89. The Labute approximate surface area is 113 Å². The number of anilines is 2. The maximum Gasteiger partial charge on any atom is 0.298 e. The molecule has 19 heavy (non-hydrogen) atoms. The highest BCUT2D eigenvalue weighted by Crippen LogP contribution is 2.24. The quantitative estimate of drug-likeness (QED) is 0.855. The van der Waals surface area contributed by atoms with E-state index >= 15 is 0 Å². The third-order valence-corrected chi connectivity index (χ3v) is 3.58. The van der Waals surface area contributed by atoms with E-state index in [0.717, 1.165) is 49.0 Å². The van der Waals surface area contributed by atoms with Crippen molar-refractivity contribution in [2.45, 2.75) is 13.3 Å². The molecule has 0 bridgehead atoms. The summed E-state index contributed by atoms with van der Waals surface area (Å²) >= 11 is 0. The Kier molecular flexibility index (Phi) is 3.29. The zero-order chi connectivity index (χ0) is 13.2. The van der Waals surface area contributed by atoms with Crippen LogP contribution in [0.4, 0.5) is 11.7 Å². The molecule has 5 nitrogen and oxygen atoms in total. The molecule has 0 saturated carbocycles. The van der Waals surface area contributed by atoms with Crippen LogP contribution < -0.4 is 10.6 Å². The maximum atomic E-state index is 5.80. The Balaban J connectivity index is 1.74. The van der Waals surface area contributed by atoms with Crippen LogP contribution in [0.15, 0.2) is 22.6 Å². The Morgan fingerprint density at radius 2 is 2.05 bits per heavy atom. The van der Waals surface area contributed by atoms with Crippen molar-refractivity contribution in [2.24, 2.45) is 0 Å². The molecule has 2 N–H and O–H groups in total. The van der Waals surface area contributed by atoms with E-state index in [4.69, 9.17) is 10.2 Å². The molecule has 102 valence electrons. The first-order chi connectivity index (χ1) is 9.26. The monoisotopic (exact) mass is 260 g/mol. The van der Waals surface area contributed by atoms with E-state index in [0.29, 0.717) is 0 Å². The summed E-state index contributed by atoms with van der Waals surface area (Å²) < 4.78 is 5.80. The van der Waals surface area contributed by atoms with Crippen LogP contribution in [0.1, 0.15) is 13.3 Å². The molecule has 0 spiro atoms. The van der Waals surface area contributed by atoms with Gasteiger partial charge in [0, 0.05) is 31.9 Å². The molecule has 2 heterocycles. The van der Waals surface area contributed by atoms with Gasteiger partial charge in [0.05, 0.1) is 0 Å². The summed E-state index contributed by atoms with van der Waals surface area (Å²) in [6.07, 6.45) is 1.21. The van der Waals surface area contributed by atoms with E-state index in [1.54, 1.807) is 0 Å². The van der Waals surface area contributed by atoms with Crippen molar-refractivity contribution >= 4 is 22.8 Å². The number of benzene rings is 1. The van der Waals surface area contributed by atoms with Gasteiger partial charge < -0.3 is 15.1 Å². The van der Waals surface area contributed by atoms with E-state index in [-0.39, 0.29) is 0 Å². The number of hydrogen-bond acceptors (Lipinski definition) is 5. The number of hydrogen-bond donors (Lipinski definition) is 1. The summed E-state index contributed by atoms with van der Waals surface area (Å²) in [5.74, 6) is 0. The van der Waals surface area contributed by atoms with Gasteiger partial charge in [0.1, 0.15) is 5.52 Å². The number of oxazole rings is 1. The van der Waals surface area contributed by atoms with Crippen molar-refractivity contribution in [3.05, 3.63) is 18.2 Å². The van der Waals surface area contributed by atoms with Gasteiger partial charge >= 0.3 is 0 Å². The zero-order valence-electron chi connectivity index (χ0n) is 11.3. The number of fused-ring (bicyclic) bond motifs is 1. The topological polar surface area (TPSA) is 58.5 Å². The Morgan fingerprint density at radius 1 is 1.26 bits per heavy atom. The Hall–Kier alpha value is -1.75. The number of rotatable bonds is 3. The van der Waals surface area contributed by atoms with Crippen LogP contribution in [0, 0.1) is 0 Å². The third kappa shape index (κ3) is 2.51. The maximum absolute atomic E-state index is 5.80. The molecule has 0 atom stereocenters. The van der Waals surface area contributed by atoms with Crippen LogP contribution in [0.5, 0.6) is 0 Å². The van der Waals surface area contributed by atoms with Gasteiger partial charge in [0.2, 0.25) is 0 Å². The molecular weight excluding hydrogens is 240 g/mol. The number of nitrogen functional groups attached to an aromatic ring is 1. The lowest BCUT2D eigenvalue weighted by Crippen LogP contribution is -2.46. The number of piperazine rings is 1. The number of aromatic nitrogens is 1. The normalized spacial score (nSPS) is 17.2. The van der Waals surface area contributed by atoms with E-state index in [1.165, 1.54) is 13.0 Å². The standard InChI is InChI=1S/C14H20N4O/c1-2-5-17-6-8-18(9-7-17)14-16-12-10-11(15)3-4-13(12)19-14/h3-4,10H,2,5-9,15H2,1H3. The first kappa shape index (κ1) is 12.3. The summed E-state index contributed by atoms with van der Waals surface area (Å²) in [6.45, 7) is 7.50. The lowest BCUT2D eigenvalue weighted by molar-refractivity contribution is 0.254. The molecule has 1 saturated heterocycles. The average molecular weight is 260 g/mol. The Morgan fingerprint density at radius 3 is 2.79 bits per heavy atom. The lowest BCUT2D eigenvalue weighted by atomic mass is 10.3. The van der Waals surface area contributed by atoms with E-state index in [1.807, 2.05) is 18.2 Å². The van der Waals surface area contributed by atoms with Crippen LogP contribution >= 0.6 is 0 Å². The van der Waals surface area contributed by atoms with E-state index < -0.39 is 0 Å². The molecule has 2 aromatic rings. The second kappa shape index (κ2) is 5.09. The molecule has 3 rings (SSSR count). The molecule has 1 aromatic carbocycles. The van der Waals surface area contributed by atoms with Gasteiger partial charge in [-0.2, -0.15) is 4.98 Å². The summed E-state index contributed by atoms with van der Waals surface area (Å²) in [5.41, 5.74) is 8.13. The average Bonchev–Trinajstić information content (AvgIpc) is 2.83. The first-order valence-electron chi connectivity index (χ1n) is 6.89. The molecular formula is C14H20N4O. The summed E-state index contributed by atoms with van der Waals surface area (Å²) in [7, 11) is 0. The lowest BCUT2D eigenvalue weighted by Gasteiger charge is -2.33. The third-order valence-electron chi connectivity index (χ3n) is 3.58. The van der Waals surface area contributed by atoms with Gasteiger partial charge in [-0.3, -0.25) is 4.90 Å². The van der Waals surface area contributed by atoms with Gasteiger partial charge in [-0.15, -0.1) is 0 Å². The Bertz CT molecular complexity index is 558. The van der Waals surface area contributed by atoms with E-state index in [9.17, 15) is 0 Å². The zero-order valence-corrected chi connectivity index (χ0v) is 11.3. The minimum Gasteiger partial charge on any atom is -0.423 e. The fourth-order valence-electron chi connectivity index (χ4n) is 2.55. The van der Waals surface area contributed by atoms with Crippen LogP contribution in [0.3, 0.4) is 0 Å². The second-order valence-electron chi connectivity index (χ2n) is 5.05. The molecule has 1 aromatic heterocycles. The molecule has 5 heteroatoms. The molecule has 0 amide bonds. The molecule has 0 radical (unpaired) electrons. The van der Waals surface area contributed by atoms with Crippen LogP contribution in [-0.2, 0) is 0 Å². The van der Waals surface area contributed by atoms with Crippen molar-refractivity contribution in [1.29, 1.82) is 0 Å². The summed E-state index contributed by atoms with van der Waals surface area (Å²) in [6, 6.07) is 6.30. The molecule has 1 fully saturated rings. The highest BCUT2D eigenvalue weighted by atomic mass is 16.4. The van der Waals surface area contributed by atoms with Crippen molar-refractivity contribution in [1.82, 2.24) is 9.88 Å². The van der Waals surface area contributed by atoms with Crippen LogP contribution in [0.25, 0.3) is 11.1 Å². The molecule has 0 aliphatic carbocycles. The number of nitrogens with two attached hydrogens (primary N) is 1. The van der Waals surface area contributed by atoms with Gasteiger partial charge in [0.15, 0.2) is 5.58 Å². The van der Waals surface area contributed by atoms with Crippen LogP contribution in [-0.4, -0.2) is 42.6 Å². The molecule has 1 aliphatic rings. The molecule has 1 aliphatic heterocycles. The largest absolute Gasteiger partial charge is 0.423 e.